The van der Waals surface area contributed by atoms with Crippen molar-refractivity contribution in [1.29, 1.82) is 0 Å². The van der Waals surface area contributed by atoms with Gasteiger partial charge in [0.05, 0.1) is 5.75 Å². The smallest absolute Gasteiger partial charge is 0.233 e. The average Bonchev–Trinajstić information content (AvgIpc) is 2.99. The van der Waals surface area contributed by atoms with E-state index < -0.39 is 0 Å². The van der Waals surface area contributed by atoms with Gasteiger partial charge in [0.15, 0.2) is 4.34 Å². The van der Waals surface area contributed by atoms with Crippen LogP contribution >= 0.6 is 23.1 Å². The molecule has 0 aliphatic heterocycles. The highest BCUT2D eigenvalue weighted by Gasteiger charge is 2.12. The zero-order chi connectivity index (χ0) is 15.8. The van der Waals surface area contributed by atoms with Crippen LogP contribution < -0.4 is 5.32 Å². The van der Waals surface area contributed by atoms with E-state index in [9.17, 15) is 4.79 Å². The van der Waals surface area contributed by atoms with Gasteiger partial charge in [-0.25, -0.2) is 0 Å². The highest BCUT2D eigenvalue weighted by atomic mass is 32.2. The number of hydrogen-bond acceptors (Lipinski definition) is 6. The summed E-state index contributed by atoms with van der Waals surface area (Å²) in [5.74, 6) is 0.434. The summed E-state index contributed by atoms with van der Waals surface area (Å²) in [6.45, 7) is 4.90. The van der Waals surface area contributed by atoms with Gasteiger partial charge < -0.3 is 10.2 Å². The highest BCUT2D eigenvalue weighted by Crippen LogP contribution is 2.25. The van der Waals surface area contributed by atoms with E-state index in [1.165, 1.54) is 23.1 Å². The molecule has 7 heteroatoms. The van der Waals surface area contributed by atoms with Crippen molar-refractivity contribution in [3.05, 3.63) is 48.6 Å². The second-order valence-corrected chi connectivity index (χ2v) is 6.77. The number of aromatic nitrogens is 2. The van der Waals surface area contributed by atoms with E-state index in [4.69, 9.17) is 0 Å². The number of carbonyl (C=O) groups excluding carboxylic acids is 1. The normalized spacial score (nSPS) is 10.2. The molecule has 22 heavy (non-hydrogen) atoms. The first-order valence-electron chi connectivity index (χ1n) is 6.78. The van der Waals surface area contributed by atoms with E-state index in [-0.39, 0.29) is 5.91 Å². The lowest BCUT2D eigenvalue weighted by Crippen LogP contribution is -2.27. The standard InChI is InChI=1S/C15H18N4OS2/c1-3-9-16-14-17-18-15(22-14)21-11-13(20)19(2)10-12-7-5-4-6-8-12/h3-8H,1,9-11H2,2H3,(H,16,17). The van der Waals surface area contributed by atoms with Gasteiger partial charge >= 0.3 is 0 Å². The number of nitrogens with zero attached hydrogens (tertiary/aromatic N) is 3. The zero-order valence-corrected chi connectivity index (χ0v) is 14.0. The number of hydrogen-bond donors (Lipinski definition) is 1. The van der Waals surface area contributed by atoms with Crippen molar-refractivity contribution in [2.75, 3.05) is 24.7 Å². The maximum Gasteiger partial charge on any atom is 0.233 e. The van der Waals surface area contributed by atoms with Gasteiger partial charge in [0, 0.05) is 20.1 Å². The Morgan fingerprint density at radius 3 is 2.91 bits per heavy atom. The fourth-order valence-corrected chi connectivity index (χ4v) is 3.38. The summed E-state index contributed by atoms with van der Waals surface area (Å²) in [5.41, 5.74) is 1.12. The minimum absolute atomic E-state index is 0.0738. The third kappa shape index (κ3) is 5.16. The van der Waals surface area contributed by atoms with Gasteiger partial charge in [-0.1, -0.05) is 59.5 Å². The Balaban J connectivity index is 1.79. The molecule has 1 amide bonds. The van der Waals surface area contributed by atoms with Crippen LogP contribution in [-0.4, -0.2) is 40.3 Å². The summed E-state index contributed by atoms with van der Waals surface area (Å²) in [6, 6.07) is 9.94. The molecule has 0 saturated carbocycles. The number of benzene rings is 1. The van der Waals surface area contributed by atoms with Crippen LogP contribution in [0.3, 0.4) is 0 Å². The Morgan fingerprint density at radius 2 is 2.18 bits per heavy atom. The second kappa shape index (κ2) is 8.55. The van der Waals surface area contributed by atoms with E-state index in [1.807, 2.05) is 37.4 Å². The molecule has 5 nitrogen and oxygen atoms in total. The minimum Gasteiger partial charge on any atom is -0.357 e. The number of amides is 1. The van der Waals surface area contributed by atoms with E-state index in [1.54, 1.807) is 11.0 Å². The molecule has 1 N–H and O–H groups in total. The van der Waals surface area contributed by atoms with Gasteiger partial charge in [-0.2, -0.15) is 0 Å². The van der Waals surface area contributed by atoms with Crippen LogP contribution in [0.1, 0.15) is 5.56 Å². The first-order valence-corrected chi connectivity index (χ1v) is 8.58. The van der Waals surface area contributed by atoms with Crippen LogP contribution in [0.5, 0.6) is 0 Å². The predicted molar refractivity (Wildman–Crippen MR) is 92.2 cm³/mol. The summed E-state index contributed by atoms with van der Waals surface area (Å²) >= 11 is 2.85. The highest BCUT2D eigenvalue weighted by molar-refractivity contribution is 8.01. The van der Waals surface area contributed by atoms with Crippen LogP contribution in [0, 0.1) is 0 Å². The summed E-state index contributed by atoms with van der Waals surface area (Å²) in [4.78, 5) is 13.9. The Hall–Kier alpha value is -1.86. The van der Waals surface area contributed by atoms with Crippen molar-refractivity contribution in [2.45, 2.75) is 10.9 Å². The average molecular weight is 334 g/mol. The SMILES string of the molecule is C=CCNc1nnc(SCC(=O)N(C)Cc2ccccc2)s1. The molecule has 0 atom stereocenters. The summed E-state index contributed by atoms with van der Waals surface area (Å²) < 4.78 is 0.785. The van der Waals surface area contributed by atoms with Gasteiger partial charge in [0.25, 0.3) is 0 Å². The van der Waals surface area contributed by atoms with Crippen molar-refractivity contribution in [1.82, 2.24) is 15.1 Å². The van der Waals surface area contributed by atoms with E-state index in [2.05, 4.69) is 22.1 Å². The van der Waals surface area contributed by atoms with Crippen molar-refractivity contribution in [3.63, 3.8) is 0 Å². The quantitative estimate of drug-likeness (QED) is 0.594. The molecule has 0 fully saturated rings. The minimum atomic E-state index is 0.0738. The molecule has 2 rings (SSSR count). The van der Waals surface area contributed by atoms with Crippen LogP contribution in [0.2, 0.25) is 0 Å². The lowest BCUT2D eigenvalue weighted by molar-refractivity contribution is -0.127. The van der Waals surface area contributed by atoms with Gasteiger partial charge in [0.1, 0.15) is 0 Å². The van der Waals surface area contributed by atoms with E-state index >= 15 is 0 Å². The molecule has 1 heterocycles. The van der Waals surface area contributed by atoms with E-state index in [0.717, 1.165) is 15.0 Å². The molecule has 0 saturated heterocycles. The Kier molecular flexibility index (Phi) is 6.42. The molecule has 0 aliphatic carbocycles. The van der Waals surface area contributed by atoms with Crippen LogP contribution in [0.4, 0.5) is 5.13 Å². The number of nitrogens with one attached hydrogen (secondary N) is 1. The molecule has 1 aromatic carbocycles. The first-order chi connectivity index (χ1) is 10.7. The van der Waals surface area contributed by atoms with Crippen molar-refractivity contribution < 1.29 is 4.79 Å². The Bertz CT molecular complexity index is 615. The maximum absolute atomic E-state index is 12.1. The van der Waals surface area contributed by atoms with Crippen LogP contribution in [0.15, 0.2) is 47.3 Å². The number of thioether (sulfide) groups is 1. The number of anilines is 1. The topological polar surface area (TPSA) is 58.1 Å². The lowest BCUT2D eigenvalue weighted by atomic mass is 10.2. The zero-order valence-electron chi connectivity index (χ0n) is 12.4. The summed E-state index contributed by atoms with van der Waals surface area (Å²) in [5, 5.41) is 11.9. The fraction of sp³-hybridized carbons (Fsp3) is 0.267. The van der Waals surface area contributed by atoms with Crippen molar-refractivity contribution in [2.24, 2.45) is 0 Å². The third-order valence-electron chi connectivity index (χ3n) is 2.81. The van der Waals surface area contributed by atoms with Crippen LogP contribution in [-0.2, 0) is 11.3 Å². The molecule has 1 aromatic heterocycles. The summed E-state index contributed by atoms with van der Waals surface area (Å²) in [7, 11) is 1.81. The van der Waals surface area contributed by atoms with Gasteiger partial charge in [-0.15, -0.1) is 16.8 Å². The molecule has 2 aromatic rings. The molecule has 0 aliphatic rings. The molecular weight excluding hydrogens is 316 g/mol. The third-order valence-corrected chi connectivity index (χ3v) is 4.81. The molecule has 0 spiro atoms. The first kappa shape index (κ1) is 16.5. The van der Waals surface area contributed by atoms with Gasteiger partial charge in [-0.05, 0) is 5.56 Å². The maximum atomic E-state index is 12.1. The second-order valence-electron chi connectivity index (χ2n) is 4.57. The Morgan fingerprint density at radius 1 is 1.41 bits per heavy atom. The Labute approximate surface area is 138 Å². The largest absolute Gasteiger partial charge is 0.357 e. The number of rotatable bonds is 8. The molecule has 0 bridgehead atoms. The van der Waals surface area contributed by atoms with Crippen molar-refractivity contribution in [3.8, 4) is 0 Å². The predicted octanol–water partition coefficient (Wildman–Crippen LogP) is 2.89. The molecular formula is C15H18N4OS2. The fourth-order valence-electron chi connectivity index (χ4n) is 1.68. The molecule has 0 unspecified atom stereocenters. The van der Waals surface area contributed by atoms with Gasteiger partial charge in [0.2, 0.25) is 11.0 Å². The van der Waals surface area contributed by atoms with E-state index in [0.29, 0.717) is 18.8 Å². The number of carbonyl (C=O) groups is 1. The van der Waals surface area contributed by atoms with Crippen LogP contribution in [0.25, 0.3) is 0 Å². The van der Waals surface area contributed by atoms with Gasteiger partial charge in [-0.3, -0.25) is 4.79 Å². The van der Waals surface area contributed by atoms with Crippen molar-refractivity contribution >= 4 is 34.1 Å². The molecule has 116 valence electrons. The molecule has 0 radical (unpaired) electrons. The summed E-state index contributed by atoms with van der Waals surface area (Å²) in [6.07, 6.45) is 1.76. The lowest BCUT2D eigenvalue weighted by Gasteiger charge is -2.16. The monoisotopic (exact) mass is 334 g/mol.